The third-order valence-corrected chi connectivity index (χ3v) is 5.15. The summed E-state index contributed by atoms with van der Waals surface area (Å²) in [5.74, 6) is -3.17. The van der Waals surface area contributed by atoms with E-state index in [2.05, 4.69) is 0 Å². The zero-order valence-electron chi connectivity index (χ0n) is 13.8. The van der Waals surface area contributed by atoms with Crippen LogP contribution >= 0.6 is 0 Å². The second-order valence-corrected chi connectivity index (χ2v) is 6.71. The van der Waals surface area contributed by atoms with Crippen molar-refractivity contribution < 1.29 is 28.2 Å². The highest BCUT2D eigenvalue weighted by molar-refractivity contribution is 5.78. The van der Waals surface area contributed by atoms with Crippen molar-refractivity contribution in [3.8, 4) is 0 Å². The smallest absolute Gasteiger partial charge is 0.309 e. The van der Waals surface area contributed by atoms with Crippen LogP contribution in [-0.2, 0) is 20.7 Å². The molecule has 2 aliphatic rings. The first kappa shape index (κ1) is 17.8. The fraction of sp³-hybridized carbons (Fsp3) is 0.556. The van der Waals surface area contributed by atoms with Crippen molar-refractivity contribution in [2.45, 2.75) is 31.8 Å². The van der Waals surface area contributed by atoms with E-state index in [1.54, 1.807) is 4.90 Å². The van der Waals surface area contributed by atoms with Gasteiger partial charge in [0, 0.05) is 19.7 Å². The minimum atomic E-state index is -0.956. The van der Waals surface area contributed by atoms with Crippen LogP contribution in [0.25, 0.3) is 0 Å². The van der Waals surface area contributed by atoms with Crippen LogP contribution in [-0.4, -0.2) is 47.7 Å². The summed E-state index contributed by atoms with van der Waals surface area (Å²) in [5, 5.41) is 9.26. The molecular weight excluding hydrogens is 332 g/mol. The molecule has 1 amide bonds. The fourth-order valence-corrected chi connectivity index (χ4v) is 3.75. The molecule has 0 spiro atoms. The normalized spacial score (nSPS) is 24.5. The van der Waals surface area contributed by atoms with E-state index in [1.165, 1.54) is 6.07 Å². The largest absolute Gasteiger partial charge is 0.481 e. The van der Waals surface area contributed by atoms with Gasteiger partial charge in [-0.2, -0.15) is 0 Å². The van der Waals surface area contributed by atoms with Crippen molar-refractivity contribution in [2.75, 3.05) is 19.7 Å². The summed E-state index contributed by atoms with van der Waals surface area (Å²) in [4.78, 5) is 25.3. The second kappa shape index (κ2) is 7.47. The molecule has 1 unspecified atom stereocenters. The van der Waals surface area contributed by atoms with Crippen LogP contribution in [0.5, 0.6) is 0 Å². The number of carboxylic acid groups (broad SMARTS) is 1. The topological polar surface area (TPSA) is 66.8 Å². The molecule has 0 aliphatic carbocycles. The summed E-state index contributed by atoms with van der Waals surface area (Å²) in [5.41, 5.74) is 0.441. The number of carbonyl (C=O) groups excluding carboxylic acids is 1. The van der Waals surface area contributed by atoms with Gasteiger partial charge in [0.15, 0.2) is 11.6 Å². The van der Waals surface area contributed by atoms with Gasteiger partial charge < -0.3 is 14.7 Å². The molecule has 136 valence electrons. The Kier molecular flexibility index (Phi) is 5.32. The summed E-state index contributed by atoms with van der Waals surface area (Å²) < 4.78 is 31.8. The highest BCUT2D eigenvalue weighted by atomic mass is 19.2. The van der Waals surface area contributed by atoms with E-state index < -0.39 is 23.5 Å². The van der Waals surface area contributed by atoms with Gasteiger partial charge >= 0.3 is 5.97 Å². The molecule has 1 aromatic carbocycles. The Hall–Kier alpha value is -2.02. The summed E-state index contributed by atoms with van der Waals surface area (Å²) in [6.07, 6.45) is 1.67. The second-order valence-electron chi connectivity index (χ2n) is 6.71. The zero-order valence-corrected chi connectivity index (χ0v) is 13.8. The number of hydrogen-bond donors (Lipinski definition) is 1. The third-order valence-electron chi connectivity index (χ3n) is 5.15. The van der Waals surface area contributed by atoms with Crippen molar-refractivity contribution in [1.29, 1.82) is 0 Å². The van der Waals surface area contributed by atoms with Crippen LogP contribution in [0.3, 0.4) is 0 Å². The van der Waals surface area contributed by atoms with Gasteiger partial charge in [0.25, 0.3) is 0 Å². The van der Waals surface area contributed by atoms with Crippen molar-refractivity contribution in [2.24, 2.45) is 11.8 Å². The Morgan fingerprint density at radius 2 is 1.88 bits per heavy atom. The summed E-state index contributed by atoms with van der Waals surface area (Å²) in [7, 11) is 0. The summed E-state index contributed by atoms with van der Waals surface area (Å²) >= 11 is 0. The Morgan fingerprint density at radius 1 is 1.16 bits per heavy atom. The lowest BCUT2D eigenvalue weighted by molar-refractivity contribution is -0.145. The lowest BCUT2D eigenvalue weighted by atomic mass is 9.84. The van der Waals surface area contributed by atoms with Crippen molar-refractivity contribution in [1.82, 2.24) is 4.90 Å². The van der Waals surface area contributed by atoms with Gasteiger partial charge in [-0.1, -0.05) is 6.07 Å². The Morgan fingerprint density at radius 3 is 2.52 bits per heavy atom. The molecule has 7 heteroatoms. The lowest BCUT2D eigenvalue weighted by Crippen LogP contribution is -2.43. The van der Waals surface area contributed by atoms with Crippen LogP contribution in [0.15, 0.2) is 18.2 Å². The maximum Gasteiger partial charge on any atom is 0.309 e. The number of hydrogen-bond acceptors (Lipinski definition) is 3. The van der Waals surface area contributed by atoms with Crippen molar-refractivity contribution in [3.05, 3.63) is 35.4 Å². The number of amides is 1. The SMILES string of the molecule is O=C(O)C1CCO[C@H]1C1CCN(C(=O)Cc2ccc(F)c(F)c2)CC1. The molecule has 0 saturated carbocycles. The predicted octanol–water partition coefficient (Wildman–Crippen LogP) is 2.24. The molecule has 2 aliphatic heterocycles. The minimum absolute atomic E-state index is 0.0273. The number of likely N-dealkylation sites (tertiary alicyclic amines) is 1. The van der Waals surface area contributed by atoms with Gasteiger partial charge in [0.2, 0.25) is 5.91 Å². The van der Waals surface area contributed by atoms with E-state index in [-0.39, 0.29) is 24.3 Å². The van der Waals surface area contributed by atoms with Gasteiger partial charge in [0.05, 0.1) is 18.4 Å². The number of benzene rings is 1. The van der Waals surface area contributed by atoms with Gasteiger partial charge in [-0.3, -0.25) is 9.59 Å². The number of carboxylic acids is 1. The highest BCUT2D eigenvalue weighted by Crippen LogP contribution is 2.33. The Balaban J connectivity index is 1.54. The number of aliphatic carboxylic acids is 1. The molecule has 0 bridgehead atoms. The van der Waals surface area contributed by atoms with Gasteiger partial charge in [-0.05, 0) is 42.9 Å². The van der Waals surface area contributed by atoms with Crippen LogP contribution in [0, 0.1) is 23.5 Å². The van der Waals surface area contributed by atoms with E-state index >= 15 is 0 Å². The van der Waals surface area contributed by atoms with Crippen LogP contribution < -0.4 is 0 Å². The predicted molar refractivity (Wildman–Crippen MR) is 84.8 cm³/mol. The van der Waals surface area contributed by atoms with E-state index in [9.17, 15) is 23.5 Å². The minimum Gasteiger partial charge on any atom is -0.481 e. The van der Waals surface area contributed by atoms with Gasteiger partial charge in [-0.15, -0.1) is 0 Å². The number of halogens is 2. The molecule has 1 N–H and O–H groups in total. The average Bonchev–Trinajstić information content (AvgIpc) is 3.08. The first-order valence-electron chi connectivity index (χ1n) is 8.52. The summed E-state index contributed by atoms with van der Waals surface area (Å²) in [6, 6.07) is 3.48. The fourth-order valence-electron chi connectivity index (χ4n) is 3.75. The van der Waals surface area contributed by atoms with E-state index in [1.807, 2.05) is 0 Å². The number of carbonyl (C=O) groups is 2. The molecule has 0 radical (unpaired) electrons. The van der Waals surface area contributed by atoms with Crippen LogP contribution in [0.4, 0.5) is 8.78 Å². The van der Waals surface area contributed by atoms with Crippen molar-refractivity contribution in [3.63, 3.8) is 0 Å². The third kappa shape index (κ3) is 3.98. The van der Waals surface area contributed by atoms with Gasteiger partial charge in [0.1, 0.15) is 0 Å². The molecule has 3 rings (SSSR count). The molecule has 2 fully saturated rings. The molecular formula is C18H21F2NO4. The summed E-state index contributed by atoms with van der Waals surface area (Å²) in [6.45, 7) is 1.52. The number of ether oxygens (including phenoxy) is 1. The quantitative estimate of drug-likeness (QED) is 0.901. The molecule has 2 heterocycles. The lowest BCUT2D eigenvalue weighted by Gasteiger charge is -2.35. The standard InChI is InChI=1S/C18H21F2NO4/c19-14-2-1-11(9-15(14)20)10-16(22)21-6-3-12(4-7-21)17-13(18(23)24)5-8-25-17/h1-2,9,12-13,17H,3-8,10H2,(H,23,24)/t13?,17-/m0/s1. The number of nitrogens with zero attached hydrogens (tertiary/aromatic N) is 1. The van der Waals surface area contributed by atoms with Crippen molar-refractivity contribution >= 4 is 11.9 Å². The molecule has 1 aromatic rings. The molecule has 2 atom stereocenters. The maximum atomic E-state index is 13.2. The van der Waals surface area contributed by atoms with Gasteiger partial charge in [-0.25, -0.2) is 8.78 Å². The van der Waals surface area contributed by atoms with Crippen LogP contribution in [0.2, 0.25) is 0 Å². The molecule has 5 nitrogen and oxygen atoms in total. The molecule has 2 saturated heterocycles. The first-order valence-corrected chi connectivity index (χ1v) is 8.52. The van der Waals surface area contributed by atoms with E-state index in [4.69, 9.17) is 4.74 Å². The highest BCUT2D eigenvalue weighted by Gasteiger charge is 2.40. The zero-order chi connectivity index (χ0) is 18.0. The Bertz CT molecular complexity index is 658. The number of piperidine rings is 1. The van der Waals surface area contributed by atoms with E-state index in [0.717, 1.165) is 12.1 Å². The number of rotatable bonds is 4. The van der Waals surface area contributed by atoms with E-state index in [0.29, 0.717) is 44.5 Å². The van der Waals surface area contributed by atoms with Crippen LogP contribution in [0.1, 0.15) is 24.8 Å². The molecule has 0 aromatic heterocycles. The first-order chi connectivity index (χ1) is 12.0. The average molecular weight is 353 g/mol. The molecule has 25 heavy (non-hydrogen) atoms. The monoisotopic (exact) mass is 353 g/mol. The maximum absolute atomic E-state index is 13.2. The Labute approximate surface area is 144 Å².